The van der Waals surface area contributed by atoms with Crippen molar-refractivity contribution in [3.63, 3.8) is 0 Å². The van der Waals surface area contributed by atoms with Crippen molar-refractivity contribution in [2.45, 2.75) is 36.8 Å². The molecule has 0 aliphatic carbocycles. The van der Waals surface area contributed by atoms with Crippen LogP contribution in [0.3, 0.4) is 0 Å². The number of nitrogens with zero attached hydrogens (tertiary/aromatic N) is 1. The Morgan fingerprint density at radius 2 is 1.65 bits per heavy atom. The maximum atomic E-state index is 14.4. The summed E-state index contributed by atoms with van der Waals surface area (Å²) in [6.45, 7) is 4.16. The zero-order valence-corrected chi connectivity index (χ0v) is 23.5. The molecular formula is C31H33FN2O5S. The van der Waals surface area contributed by atoms with Gasteiger partial charge >= 0.3 is 5.97 Å². The van der Waals surface area contributed by atoms with Crippen molar-refractivity contribution in [3.05, 3.63) is 102 Å². The molecule has 3 N–H and O–H groups in total. The van der Waals surface area contributed by atoms with Gasteiger partial charge in [0.05, 0.1) is 16.6 Å². The molecule has 0 aromatic heterocycles. The number of hydrogen-bond acceptors (Lipinski definition) is 5. The second-order valence-corrected chi connectivity index (χ2v) is 12.6. The highest BCUT2D eigenvalue weighted by atomic mass is 32.2. The molecule has 0 radical (unpaired) electrons. The van der Waals surface area contributed by atoms with Gasteiger partial charge in [0.25, 0.3) is 0 Å². The number of fused-ring (bicyclic) bond motifs is 1. The zero-order chi connectivity index (χ0) is 29.1. The minimum atomic E-state index is -3.91. The normalized spacial score (nSPS) is 13.1. The van der Waals surface area contributed by atoms with Gasteiger partial charge in [-0.3, -0.25) is 0 Å². The number of hydrogen-bond donors (Lipinski definition) is 3. The highest BCUT2D eigenvalue weighted by Gasteiger charge is 2.25. The average Bonchev–Trinajstić information content (AvgIpc) is 2.91. The lowest BCUT2D eigenvalue weighted by atomic mass is 9.93. The molecule has 0 amide bonds. The largest absolute Gasteiger partial charge is 0.478 e. The van der Waals surface area contributed by atoms with E-state index in [9.17, 15) is 22.7 Å². The summed E-state index contributed by atoms with van der Waals surface area (Å²) in [4.78, 5) is 11.0. The van der Waals surface area contributed by atoms with Gasteiger partial charge in [-0.1, -0.05) is 60.7 Å². The van der Waals surface area contributed by atoms with Crippen molar-refractivity contribution in [2.24, 2.45) is 0 Å². The molecule has 0 unspecified atom stereocenters. The van der Waals surface area contributed by atoms with Crippen LogP contribution in [-0.2, 0) is 16.4 Å². The maximum Gasteiger partial charge on any atom is 0.335 e. The molecule has 40 heavy (non-hydrogen) atoms. The van der Waals surface area contributed by atoms with Crippen LogP contribution in [0, 0.1) is 5.82 Å². The smallest absolute Gasteiger partial charge is 0.335 e. The first-order chi connectivity index (χ1) is 18.9. The molecule has 4 rings (SSSR count). The van der Waals surface area contributed by atoms with E-state index < -0.39 is 27.9 Å². The Kier molecular flexibility index (Phi) is 8.70. The van der Waals surface area contributed by atoms with Crippen LogP contribution in [0.2, 0.25) is 0 Å². The number of β-amino-alcohol motifs (C(OH)–C–C–N with tert-alkyl or cyclic N) is 1. The van der Waals surface area contributed by atoms with Crippen LogP contribution in [0.15, 0.2) is 89.8 Å². The number of carboxylic acid groups (broad SMARTS) is 1. The van der Waals surface area contributed by atoms with Gasteiger partial charge in [-0.15, -0.1) is 0 Å². The van der Waals surface area contributed by atoms with Crippen LogP contribution >= 0.6 is 0 Å². The fraction of sp³-hybridized carbons (Fsp3) is 0.258. The molecule has 0 heterocycles. The van der Waals surface area contributed by atoms with Gasteiger partial charge < -0.3 is 15.5 Å². The van der Waals surface area contributed by atoms with Gasteiger partial charge in [0.15, 0.2) is 0 Å². The first kappa shape index (κ1) is 29.4. The van der Waals surface area contributed by atoms with Gasteiger partial charge in [-0.05, 0) is 66.4 Å². The Labute approximate surface area is 233 Å². The van der Waals surface area contributed by atoms with Gasteiger partial charge in [0.2, 0.25) is 10.0 Å². The van der Waals surface area contributed by atoms with Gasteiger partial charge in [-0.25, -0.2) is 17.6 Å². The predicted molar refractivity (Wildman–Crippen MR) is 154 cm³/mol. The highest BCUT2D eigenvalue weighted by molar-refractivity contribution is 7.89. The molecule has 210 valence electrons. The van der Waals surface area contributed by atoms with Crippen LogP contribution in [0.25, 0.3) is 21.9 Å². The van der Waals surface area contributed by atoms with Crippen molar-refractivity contribution < 1.29 is 27.8 Å². The molecule has 9 heteroatoms. The minimum Gasteiger partial charge on any atom is -0.478 e. The first-order valence-electron chi connectivity index (χ1n) is 12.9. The molecule has 0 spiro atoms. The van der Waals surface area contributed by atoms with E-state index in [0.29, 0.717) is 5.56 Å². The number of halogens is 1. The van der Waals surface area contributed by atoms with Gasteiger partial charge in [0, 0.05) is 31.2 Å². The molecular weight excluding hydrogens is 531 g/mol. The van der Waals surface area contributed by atoms with Crippen LogP contribution in [0.4, 0.5) is 4.39 Å². The van der Waals surface area contributed by atoms with E-state index in [4.69, 9.17) is 5.11 Å². The van der Waals surface area contributed by atoms with Crippen molar-refractivity contribution in [3.8, 4) is 11.1 Å². The van der Waals surface area contributed by atoms with E-state index in [1.54, 1.807) is 0 Å². The number of sulfonamides is 1. The van der Waals surface area contributed by atoms with Crippen LogP contribution < -0.4 is 5.32 Å². The number of nitrogens with one attached hydrogen (secondary N) is 1. The SMILES string of the molecule is CN(C[C@H](O)CNC(C)(C)Cc1ccc2ccccc2c1)S(=O)(=O)c1ccc(-c2ccc(C(=O)O)cc2F)cc1. The second-order valence-electron chi connectivity index (χ2n) is 10.6. The zero-order valence-electron chi connectivity index (χ0n) is 22.6. The van der Waals surface area contributed by atoms with Crippen molar-refractivity contribution in [2.75, 3.05) is 20.1 Å². The lowest BCUT2D eigenvalue weighted by Gasteiger charge is -2.29. The predicted octanol–water partition coefficient (Wildman–Crippen LogP) is 4.94. The summed E-state index contributed by atoms with van der Waals surface area (Å²) in [7, 11) is -2.51. The molecule has 0 fully saturated rings. The molecule has 0 aliphatic heterocycles. The van der Waals surface area contributed by atoms with E-state index in [1.807, 2.05) is 26.0 Å². The number of aliphatic hydroxyl groups excluding tert-OH is 1. The van der Waals surface area contributed by atoms with E-state index in [2.05, 4.69) is 35.6 Å². The number of carbonyl (C=O) groups is 1. The van der Waals surface area contributed by atoms with Crippen LogP contribution in [0.5, 0.6) is 0 Å². The lowest BCUT2D eigenvalue weighted by molar-refractivity contribution is 0.0696. The molecule has 4 aromatic rings. The van der Waals surface area contributed by atoms with Gasteiger partial charge in [-0.2, -0.15) is 4.31 Å². The Hall–Kier alpha value is -3.63. The van der Waals surface area contributed by atoms with Crippen LogP contribution in [-0.4, -0.2) is 60.7 Å². The second kappa shape index (κ2) is 11.9. The summed E-state index contributed by atoms with van der Waals surface area (Å²) in [6, 6.07) is 23.7. The molecule has 0 bridgehead atoms. The van der Waals surface area contributed by atoms with Crippen molar-refractivity contribution in [1.82, 2.24) is 9.62 Å². The number of benzene rings is 4. The summed E-state index contributed by atoms with van der Waals surface area (Å²) in [5.74, 6) is -1.95. The Balaban J connectivity index is 1.35. The summed E-state index contributed by atoms with van der Waals surface area (Å²) in [6.07, 6.45) is -0.221. The van der Waals surface area contributed by atoms with E-state index in [-0.39, 0.29) is 34.7 Å². The molecule has 7 nitrogen and oxygen atoms in total. The van der Waals surface area contributed by atoms with Crippen molar-refractivity contribution in [1.29, 1.82) is 0 Å². The number of aromatic carboxylic acids is 1. The molecule has 0 saturated carbocycles. The van der Waals surface area contributed by atoms with Gasteiger partial charge in [0.1, 0.15) is 5.82 Å². The number of rotatable bonds is 11. The highest BCUT2D eigenvalue weighted by Crippen LogP contribution is 2.26. The van der Waals surface area contributed by atoms with Crippen molar-refractivity contribution >= 4 is 26.8 Å². The Morgan fingerprint density at radius 1 is 0.975 bits per heavy atom. The van der Waals surface area contributed by atoms with E-state index in [0.717, 1.165) is 27.7 Å². The van der Waals surface area contributed by atoms with Crippen LogP contribution in [0.1, 0.15) is 29.8 Å². The standard InChI is InChI=1S/C31H33FN2O5S/c1-31(2,18-21-8-9-22-6-4-5-7-24(22)16-21)33-19-26(35)20-34(3)40(38,39)27-13-10-23(11-14-27)28-15-12-25(30(36)37)17-29(28)32/h4-17,26,33,35H,18-20H2,1-3H3,(H,36,37)/t26-/m1/s1. The number of carboxylic acids is 1. The third kappa shape index (κ3) is 6.92. The third-order valence-corrected chi connectivity index (χ3v) is 8.67. The lowest BCUT2D eigenvalue weighted by Crippen LogP contribution is -2.47. The molecule has 4 aromatic carbocycles. The topological polar surface area (TPSA) is 107 Å². The fourth-order valence-corrected chi connectivity index (χ4v) is 5.85. The number of aliphatic hydroxyl groups is 1. The molecule has 0 saturated heterocycles. The quantitative estimate of drug-likeness (QED) is 0.238. The summed E-state index contributed by atoms with van der Waals surface area (Å²) in [5.41, 5.74) is 1.22. The summed E-state index contributed by atoms with van der Waals surface area (Å²) >= 11 is 0. The monoisotopic (exact) mass is 564 g/mol. The molecule has 1 atom stereocenters. The number of likely N-dealkylation sites (N-methyl/N-ethyl adjacent to an activating group) is 1. The Bertz CT molecular complexity index is 1620. The minimum absolute atomic E-state index is 0.00175. The molecule has 0 aliphatic rings. The maximum absolute atomic E-state index is 14.4. The summed E-state index contributed by atoms with van der Waals surface area (Å²) in [5, 5.41) is 25.3. The fourth-order valence-electron chi connectivity index (χ4n) is 4.64. The average molecular weight is 565 g/mol. The Morgan fingerprint density at radius 3 is 2.30 bits per heavy atom. The first-order valence-corrected chi connectivity index (χ1v) is 14.3. The van der Waals surface area contributed by atoms with E-state index >= 15 is 0 Å². The van der Waals surface area contributed by atoms with E-state index in [1.165, 1.54) is 48.8 Å². The summed E-state index contributed by atoms with van der Waals surface area (Å²) < 4.78 is 41.7. The third-order valence-electron chi connectivity index (χ3n) is 6.83.